The molecule has 2 aromatic rings. The van der Waals surface area contributed by atoms with Crippen LogP contribution < -0.4 is 20.1 Å². The molecule has 0 fully saturated rings. The van der Waals surface area contributed by atoms with E-state index in [0.717, 1.165) is 0 Å². The van der Waals surface area contributed by atoms with E-state index >= 15 is 0 Å². The summed E-state index contributed by atoms with van der Waals surface area (Å²) >= 11 is 5.06. The van der Waals surface area contributed by atoms with Gasteiger partial charge in [0, 0.05) is 17.8 Å². The Morgan fingerprint density at radius 3 is 2.16 bits per heavy atom. The lowest BCUT2D eigenvalue weighted by atomic mass is 10.3. The number of rotatable bonds is 9. The molecular weight excluding hydrogens is 442 g/mol. The lowest BCUT2D eigenvalue weighted by Crippen LogP contribution is -2.34. The second kappa shape index (κ2) is 11.3. The molecule has 0 bridgehead atoms. The number of carbonyl (C=O) groups is 2. The maximum absolute atomic E-state index is 12.5. The van der Waals surface area contributed by atoms with E-state index in [1.54, 1.807) is 31.2 Å². The highest BCUT2D eigenvalue weighted by Crippen LogP contribution is 2.20. The van der Waals surface area contributed by atoms with Crippen LogP contribution in [-0.4, -0.2) is 39.1 Å². The lowest BCUT2D eigenvalue weighted by Gasteiger charge is -2.11. The number of esters is 1. The van der Waals surface area contributed by atoms with Crippen molar-refractivity contribution < 1.29 is 27.5 Å². The Kier molecular flexibility index (Phi) is 8.76. The smallest absolute Gasteiger partial charge is 0.306 e. The Morgan fingerprint density at radius 1 is 0.968 bits per heavy atom. The van der Waals surface area contributed by atoms with Crippen LogP contribution in [0.2, 0.25) is 0 Å². The molecule has 166 valence electrons. The lowest BCUT2D eigenvalue weighted by molar-refractivity contribution is -0.144. The second-order valence-electron chi connectivity index (χ2n) is 6.17. The minimum absolute atomic E-state index is 0.0285. The van der Waals surface area contributed by atoms with Gasteiger partial charge in [0.25, 0.3) is 10.0 Å². The Hall–Kier alpha value is -3.18. The van der Waals surface area contributed by atoms with E-state index in [0.29, 0.717) is 17.1 Å². The molecule has 0 aliphatic heterocycles. The van der Waals surface area contributed by atoms with E-state index in [-0.39, 0.29) is 29.5 Å². The second-order valence-corrected chi connectivity index (χ2v) is 8.26. The number of anilines is 2. The summed E-state index contributed by atoms with van der Waals surface area (Å²) < 4.78 is 37.3. The molecule has 0 aliphatic rings. The van der Waals surface area contributed by atoms with Gasteiger partial charge in [-0.1, -0.05) is 0 Å². The number of methoxy groups -OCH3 is 1. The summed E-state index contributed by atoms with van der Waals surface area (Å²) in [6.07, 6.45) is -0.106. The molecule has 1 amide bonds. The molecule has 0 radical (unpaired) electrons. The molecule has 0 atom stereocenters. The first-order valence-corrected chi connectivity index (χ1v) is 11.2. The first kappa shape index (κ1) is 24.1. The van der Waals surface area contributed by atoms with Gasteiger partial charge in [0.2, 0.25) is 5.91 Å². The number of benzene rings is 2. The van der Waals surface area contributed by atoms with Gasteiger partial charge < -0.3 is 20.1 Å². The van der Waals surface area contributed by atoms with Crippen LogP contribution >= 0.6 is 12.2 Å². The minimum atomic E-state index is -3.78. The van der Waals surface area contributed by atoms with Crippen molar-refractivity contribution in [3.63, 3.8) is 0 Å². The van der Waals surface area contributed by atoms with Crippen LogP contribution in [0.25, 0.3) is 0 Å². The van der Waals surface area contributed by atoms with Gasteiger partial charge in [-0.15, -0.1) is 0 Å². The Balaban J connectivity index is 1.90. The number of nitrogens with one attached hydrogen (secondary N) is 3. The van der Waals surface area contributed by atoms with Crippen molar-refractivity contribution in [2.24, 2.45) is 0 Å². The maximum Gasteiger partial charge on any atom is 0.306 e. The van der Waals surface area contributed by atoms with Crippen molar-refractivity contribution in [1.82, 2.24) is 5.32 Å². The van der Waals surface area contributed by atoms with Crippen LogP contribution in [0.1, 0.15) is 19.8 Å². The summed E-state index contributed by atoms with van der Waals surface area (Å²) in [5.74, 6) is -0.285. The zero-order valence-electron chi connectivity index (χ0n) is 17.0. The SMILES string of the molecule is CCOC(=O)CCC(=O)NC(=S)Nc1ccc(S(=O)(=O)Nc2ccc(OC)cc2)cc1. The van der Waals surface area contributed by atoms with Gasteiger partial charge in [0.15, 0.2) is 5.11 Å². The van der Waals surface area contributed by atoms with Crippen molar-refractivity contribution in [3.05, 3.63) is 48.5 Å². The zero-order chi connectivity index (χ0) is 22.9. The van der Waals surface area contributed by atoms with Crippen LogP contribution in [0.4, 0.5) is 11.4 Å². The molecule has 2 aromatic carbocycles. The van der Waals surface area contributed by atoms with E-state index in [1.165, 1.54) is 31.4 Å². The quantitative estimate of drug-likeness (QED) is 0.382. The van der Waals surface area contributed by atoms with Gasteiger partial charge in [-0.25, -0.2) is 8.42 Å². The number of hydrogen-bond donors (Lipinski definition) is 3. The number of ether oxygens (including phenoxy) is 2. The van der Waals surface area contributed by atoms with Crippen molar-refractivity contribution >= 4 is 50.6 Å². The van der Waals surface area contributed by atoms with Crippen LogP contribution in [-0.2, 0) is 24.3 Å². The fourth-order valence-electron chi connectivity index (χ4n) is 2.39. The third-order valence-electron chi connectivity index (χ3n) is 3.88. The van der Waals surface area contributed by atoms with E-state index < -0.39 is 21.9 Å². The van der Waals surface area contributed by atoms with Crippen LogP contribution in [0, 0.1) is 0 Å². The third-order valence-corrected chi connectivity index (χ3v) is 5.48. The predicted molar refractivity (Wildman–Crippen MR) is 120 cm³/mol. The fraction of sp³-hybridized carbons (Fsp3) is 0.250. The molecule has 0 saturated heterocycles. The Morgan fingerprint density at radius 2 is 1.58 bits per heavy atom. The molecule has 0 aromatic heterocycles. The fourth-order valence-corrected chi connectivity index (χ4v) is 3.68. The normalized spacial score (nSPS) is 10.6. The van der Waals surface area contributed by atoms with Crippen molar-refractivity contribution in [2.75, 3.05) is 23.8 Å². The van der Waals surface area contributed by atoms with E-state index in [1.807, 2.05) is 0 Å². The van der Waals surface area contributed by atoms with Gasteiger partial charge >= 0.3 is 5.97 Å². The van der Waals surface area contributed by atoms with Crippen LogP contribution in [0.3, 0.4) is 0 Å². The van der Waals surface area contributed by atoms with Crippen molar-refractivity contribution in [2.45, 2.75) is 24.7 Å². The average Bonchev–Trinajstić information content (AvgIpc) is 2.73. The Bertz CT molecular complexity index is 1020. The minimum Gasteiger partial charge on any atom is -0.497 e. The summed E-state index contributed by atoms with van der Waals surface area (Å²) in [6.45, 7) is 1.93. The summed E-state index contributed by atoms with van der Waals surface area (Å²) in [4.78, 5) is 23.1. The first-order chi connectivity index (χ1) is 14.7. The number of carbonyl (C=O) groups excluding carboxylic acids is 2. The van der Waals surface area contributed by atoms with Crippen LogP contribution in [0.5, 0.6) is 5.75 Å². The summed E-state index contributed by atoms with van der Waals surface area (Å²) in [6, 6.07) is 12.3. The first-order valence-electron chi connectivity index (χ1n) is 9.27. The maximum atomic E-state index is 12.5. The molecule has 9 nitrogen and oxygen atoms in total. The summed E-state index contributed by atoms with van der Waals surface area (Å²) in [5.41, 5.74) is 0.883. The highest BCUT2D eigenvalue weighted by molar-refractivity contribution is 7.92. The van der Waals surface area contributed by atoms with E-state index in [9.17, 15) is 18.0 Å². The largest absolute Gasteiger partial charge is 0.497 e. The molecule has 31 heavy (non-hydrogen) atoms. The highest BCUT2D eigenvalue weighted by Gasteiger charge is 2.15. The highest BCUT2D eigenvalue weighted by atomic mass is 32.2. The van der Waals surface area contributed by atoms with Gasteiger partial charge in [0.1, 0.15) is 5.75 Å². The van der Waals surface area contributed by atoms with Crippen molar-refractivity contribution in [1.29, 1.82) is 0 Å². The van der Waals surface area contributed by atoms with Gasteiger partial charge in [-0.3, -0.25) is 14.3 Å². The molecule has 0 heterocycles. The molecule has 3 N–H and O–H groups in total. The molecule has 0 saturated carbocycles. The standard InChI is InChI=1S/C20H23N3O6S2/c1-3-29-19(25)13-12-18(24)22-20(30)21-14-6-10-17(11-7-14)31(26,27)23-15-4-8-16(28-2)9-5-15/h4-11,23H,3,12-13H2,1-2H3,(H2,21,22,24,30). The number of sulfonamides is 1. The molecule has 11 heteroatoms. The summed E-state index contributed by atoms with van der Waals surface area (Å²) in [5, 5.41) is 5.25. The average molecular weight is 466 g/mol. The molecule has 2 rings (SSSR count). The summed E-state index contributed by atoms with van der Waals surface area (Å²) in [7, 11) is -2.26. The van der Waals surface area contributed by atoms with Gasteiger partial charge in [-0.2, -0.15) is 0 Å². The molecule has 0 unspecified atom stereocenters. The predicted octanol–water partition coefficient (Wildman–Crippen LogP) is 2.65. The van der Waals surface area contributed by atoms with E-state index in [4.69, 9.17) is 21.7 Å². The monoisotopic (exact) mass is 465 g/mol. The Labute approximate surface area is 186 Å². The van der Waals surface area contributed by atoms with Crippen molar-refractivity contribution in [3.8, 4) is 5.75 Å². The molecule has 0 aliphatic carbocycles. The third kappa shape index (κ3) is 7.87. The van der Waals surface area contributed by atoms with Crippen LogP contribution in [0.15, 0.2) is 53.4 Å². The number of hydrogen-bond acceptors (Lipinski definition) is 7. The van der Waals surface area contributed by atoms with Gasteiger partial charge in [0.05, 0.1) is 25.0 Å². The number of amides is 1. The number of thiocarbonyl (C=S) groups is 1. The van der Waals surface area contributed by atoms with E-state index in [2.05, 4.69) is 15.4 Å². The van der Waals surface area contributed by atoms with Gasteiger partial charge in [-0.05, 0) is 67.7 Å². The zero-order valence-corrected chi connectivity index (χ0v) is 18.6. The topological polar surface area (TPSA) is 123 Å². The molecular formula is C20H23N3O6S2. The molecule has 0 spiro atoms.